The van der Waals surface area contributed by atoms with Gasteiger partial charge in [0.15, 0.2) is 0 Å². The van der Waals surface area contributed by atoms with Crippen LogP contribution in [-0.4, -0.2) is 4.57 Å². The lowest BCUT2D eigenvalue weighted by atomic mass is 10.1. The molecule has 1 heterocycles. The fourth-order valence-electron chi connectivity index (χ4n) is 1.80. The number of rotatable bonds is 3. The fraction of sp³-hybridized carbons (Fsp3) is 0.214. The molecule has 2 aromatic rings. The van der Waals surface area contributed by atoms with Gasteiger partial charge in [-0.1, -0.05) is 19.4 Å². The van der Waals surface area contributed by atoms with Crippen molar-refractivity contribution in [3.8, 4) is 5.69 Å². The van der Waals surface area contributed by atoms with Gasteiger partial charge in [-0.15, -0.1) is 0 Å². The molecule has 0 spiro atoms. The summed E-state index contributed by atoms with van der Waals surface area (Å²) in [6.45, 7) is 2.12. The molecule has 0 unspecified atom stereocenters. The Bertz CT molecular complexity index is 555. The van der Waals surface area contributed by atoms with Crippen LogP contribution in [0.25, 0.3) is 5.69 Å². The minimum Gasteiger partial charge on any atom is -0.399 e. The second kappa shape index (κ2) is 4.87. The van der Waals surface area contributed by atoms with Crippen LogP contribution in [0.2, 0.25) is 0 Å². The van der Waals surface area contributed by atoms with Gasteiger partial charge < -0.3 is 5.73 Å². The van der Waals surface area contributed by atoms with Crippen LogP contribution in [0.4, 0.5) is 5.69 Å². The van der Waals surface area contributed by atoms with Gasteiger partial charge in [-0.05, 0) is 36.2 Å². The average Bonchev–Trinajstić information content (AvgIpc) is 2.33. The van der Waals surface area contributed by atoms with E-state index in [-0.39, 0.29) is 5.56 Å². The van der Waals surface area contributed by atoms with Crippen molar-refractivity contribution < 1.29 is 0 Å². The molecule has 17 heavy (non-hydrogen) atoms. The lowest BCUT2D eigenvalue weighted by molar-refractivity contribution is 0.883. The van der Waals surface area contributed by atoms with E-state index in [4.69, 9.17) is 5.73 Å². The highest BCUT2D eigenvalue weighted by Crippen LogP contribution is 2.10. The normalized spacial score (nSPS) is 10.4. The standard InChI is InChI=1S/C14H16N2O/c1-2-3-11-4-9-14(17)16(10-11)13-7-5-12(15)6-8-13/h4-10H,2-3,15H2,1H3. The first-order chi connectivity index (χ1) is 8.20. The molecule has 3 heteroatoms. The van der Waals surface area contributed by atoms with Gasteiger partial charge in [0.2, 0.25) is 0 Å². The van der Waals surface area contributed by atoms with Gasteiger partial charge in [-0.25, -0.2) is 0 Å². The number of aromatic nitrogens is 1. The Hall–Kier alpha value is -2.03. The molecule has 0 aliphatic rings. The summed E-state index contributed by atoms with van der Waals surface area (Å²) >= 11 is 0. The number of anilines is 1. The van der Waals surface area contributed by atoms with Gasteiger partial charge in [-0.3, -0.25) is 9.36 Å². The number of nitrogen functional groups attached to an aromatic ring is 1. The van der Waals surface area contributed by atoms with Crippen LogP contribution in [0, 0.1) is 0 Å². The van der Waals surface area contributed by atoms with Gasteiger partial charge in [0.25, 0.3) is 5.56 Å². The van der Waals surface area contributed by atoms with Crippen LogP contribution in [-0.2, 0) is 6.42 Å². The number of pyridine rings is 1. The first-order valence-corrected chi connectivity index (χ1v) is 5.78. The van der Waals surface area contributed by atoms with Gasteiger partial charge in [-0.2, -0.15) is 0 Å². The Morgan fingerprint density at radius 2 is 1.82 bits per heavy atom. The molecule has 2 N–H and O–H groups in total. The average molecular weight is 228 g/mol. The smallest absolute Gasteiger partial charge is 0.255 e. The maximum atomic E-state index is 11.8. The van der Waals surface area contributed by atoms with Gasteiger partial charge in [0.05, 0.1) is 0 Å². The summed E-state index contributed by atoms with van der Waals surface area (Å²) in [4.78, 5) is 11.8. The summed E-state index contributed by atoms with van der Waals surface area (Å²) in [5, 5.41) is 0. The molecule has 88 valence electrons. The van der Waals surface area contributed by atoms with E-state index in [0.29, 0.717) is 5.69 Å². The third-order valence-corrected chi connectivity index (χ3v) is 2.68. The van der Waals surface area contributed by atoms with E-state index in [1.54, 1.807) is 22.8 Å². The number of hydrogen-bond donors (Lipinski definition) is 1. The topological polar surface area (TPSA) is 48.0 Å². The van der Waals surface area contributed by atoms with Crippen LogP contribution in [0.15, 0.2) is 47.4 Å². The molecule has 2 rings (SSSR count). The summed E-state index contributed by atoms with van der Waals surface area (Å²) < 4.78 is 1.66. The Labute approximate surface area is 101 Å². The molecule has 0 radical (unpaired) electrons. The third-order valence-electron chi connectivity index (χ3n) is 2.68. The predicted octanol–water partition coefficient (Wildman–Crippen LogP) is 2.37. The summed E-state index contributed by atoms with van der Waals surface area (Å²) in [5.74, 6) is 0. The largest absolute Gasteiger partial charge is 0.399 e. The van der Waals surface area contributed by atoms with Crippen LogP contribution < -0.4 is 11.3 Å². The van der Waals surface area contributed by atoms with Crippen molar-refractivity contribution in [1.29, 1.82) is 0 Å². The molecular weight excluding hydrogens is 212 g/mol. The van der Waals surface area contributed by atoms with Gasteiger partial charge >= 0.3 is 0 Å². The summed E-state index contributed by atoms with van der Waals surface area (Å²) in [6, 6.07) is 10.8. The van der Waals surface area contributed by atoms with Gasteiger partial charge in [0.1, 0.15) is 0 Å². The maximum absolute atomic E-state index is 11.8. The molecule has 0 aliphatic carbocycles. The first-order valence-electron chi connectivity index (χ1n) is 5.78. The number of hydrogen-bond acceptors (Lipinski definition) is 2. The zero-order valence-corrected chi connectivity index (χ0v) is 9.89. The van der Waals surface area contributed by atoms with E-state index in [9.17, 15) is 4.79 Å². The zero-order chi connectivity index (χ0) is 12.3. The van der Waals surface area contributed by atoms with Crippen LogP contribution in [0.1, 0.15) is 18.9 Å². The summed E-state index contributed by atoms with van der Waals surface area (Å²) in [7, 11) is 0. The fourth-order valence-corrected chi connectivity index (χ4v) is 1.80. The summed E-state index contributed by atoms with van der Waals surface area (Å²) in [6.07, 6.45) is 3.95. The Morgan fingerprint density at radius 3 is 2.47 bits per heavy atom. The van der Waals surface area contributed by atoms with E-state index < -0.39 is 0 Å². The Balaban J connectivity index is 2.46. The van der Waals surface area contributed by atoms with Crippen molar-refractivity contribution in [1.82, 2.24) is 4.57 Å². The van der Waals surface area contributed by atoms with Crippen molar-refractivity contribution in [2.45, 2.75) is 19.8 Å². The van der Waals surface area contributed by atoms with E-state index in [1.807, 2.05) is 24.4 Å². The lowest BCUT2D eigenvalue weighted by Crippen LogP contribution is -2.17. The Kier molecular flexibility index (Phi) is 3.28. The molecule has 0 aliphatic heterocycles. The predicted molar refractivity (Wildman–Crippen MR) is 70.4 cm³/mol. The molecule has 0 fully saturated rings. The highest BCUT2D eigenvalue weighted by atomic mass is 16.1. The van der Waals surface area contributed by atoms with Crippen LogP contribution >= 0.6 is 0 Å². The number of aryl methyl sites for hydroxylation is 1. The maximum Gasteiger partial charge on any atom is 0.255 e. The molecule has 3 nitrogen and oxygen atoms in total. The van der Waals surface area contributed by atoms with E-state index >= 15 is 0 Å². The highest BCUT2D eigenvalue weighted by molar-refractivity contribution is 5.45. The monoisotopic (exact) mass is 228 g/mol. The molecule has 0 bridgehead atoms. The third kappa shape index (κ3) is 2.56. The lowest BCUT2D eigenvalue weighted by Gasteiger charge is -2.08. The van der Waals surface area contributed by atoms with Crippen molar-refractivity contribution in [3.63, 3.8) is 0 Å². The molecule has 0 atom stereocenters. The van der Waals surface area contributed by atoms with Crippen LogP contribution in [0.3, 0.4) is 0 Å². The van der Waals surface area contributed by atoms with Crippen molar-refractivity contribution in [2.75, 3.05) is 5.73 Å². The minimum absolute atomic E-state index is 0.0189. The van der Waals surface area contributed by atoms with Crippen molar-refractivity contribution >= 4 is 5.69 Å². The van der Waals surface area contributed by atoms with Crippen LogP contribution in [0.5, 0.6) is 0 Å². The second-order valence-electron chi connectivity index (χ2n) is 4.09. The quantitative estimate of drug-likeness (QED) is 0.820. The van der Waals surface area contributed by atoms with Crippen molar-refractivity contribution in [2.24, 2.45) is 0 Å². The van der Waals surface area contributed by atoms with E-state index in [1.165, 1.54) is 5.56 Å². The SMILES string of the molecule is CCCc1ccc(=O)n(-c2ccc(N)cc2)c1. The first kappa shape index (κ1) is 11.5. The number of benzene rings is 1. The molecule has 0 saturated heterocycles. The number of nitrogens with zero attached hydrogens (tertiary/aromatic N) is 1. The summed E-state index contributed by atoms with van der Waals surface area (Å²) in [5.41, 5.74) is 8.33. The van der Waals surface area contributed by atoms with E-state index in [0.717, 1.165) is 18.5 Å². The molecule has 1 aromatic heterocycles. The molecule has 0 amide bonds. The molecule has 0 saturated carbocycles. The Morgan fingerprint density at radius 1 is 1.12 bits per heavy atom. The molecular formula is C14H16N2O. The van der Waals surface area contributed by atoms with E-state index in [2.05, 4.69) is 6.92 Å². The van der Waals surface area contributed by atoms with Gasteiger partial charge in [0, 0.05) is 23.6 Å². The second-order valence-corrected chi connectivity index (χ2v) is 4.09. The molecule has 1 aromatic carbocycles. The number of nitrogens with two attached hydrogens (primary N) is 1. The minimum atomic E-state index is -0.0189. The zero-order valence-electron chi connectivity index (χ0n) is 9.89. The highest BCUT2D eigenvalue weighted by Gasteiger charge is 2.00. The van der Waals surface area contributed by atoms with Crippen molar-refractivity contribution in [3.05, 3.63) is 58.5 Å².